The predicted molar refractivity (Wildman–Crippen MR) is 64.9 cm³/mol. The lowest BCUT2D eigenvalue weighted by molar-refractivity contribution is 0.292. The van der Waals surface area contributed by atoms with Crippen molar-refractivity contribution in [2.75, 3.05) is 6.61 Å². The zero-order chi connectivity index (χ0) is 11.7. The average molecular weight is 229 g/mol. The van der Waals surface area contributed by atoms with Gasteiger partial charge in [-0.1, -0.05) is 18.2 Å². The minimum Gasteiger partial charge on any atom is -0.491 e. The first kappa shape index (κ1) is 10.4. The molecule has 1 aliphatic rings. The van der Waals surface area contributed by atoms with Gasteiger partial charge in [-0.15, -0.1) is 0 Å². The van der Waals surface area contributed by atoms with Crippen LogP contribution in [0, 0.1) is 0 Å². The molecule has 0 aliphatic carbocycles. The van der Waals surface area contributed by atoms with Gasteiger partial charge in [0.05, 0.1) is 18.3 Å². The maximum Gasteiger partial charge on any atom is 0.124 e. The summed E-state index contributed by atoms with van der Waals surface area (Å²) in [5, 5.41) is 3.52. The summed E-state index contributed by atoms with van der Waals surface area (Å²) in [6, 6.07) is 12.5. The fourth-order valence-corrected chi connectivity index (χ4v) is 2.22. The number of rotatable bonds is 3. The molecule has 2 aromatic rings. The van der Waals surface area contributed by atoms with Crippen molar-refractivity contribution in [3.63, 3.8) is 0 Å². The van der Waals surface area contributed by atoms with E-state index >= 15 is 0 Å². The molecule has 0 saturated carbocycles. The first-order valence-corrected chi connectivity index (χ1v) is 5.86. The Hall–Kier alpha value is -1.74. The normalized spacial score (nSPS) is 19.7. The Morgan fingerprint density at radius 3 is 2.94 bits per heavy atom. The third-order valence-corrected chi connectivity index (χ3v) is 3.12. The van der Waals surface area contributed by atoms with Crippen LogP contribution in [0.25, 0.3) is 0 Å². The standard InChI is InChI=1S/C14H15NO2/c1-10(13-7-4-8-16-13)15-12-9-17-14-6-3-2-5-11(12)14/h2-8,10,12,15H,9H2,1H3. The van der Waals surface area contributed by atoms with Gasteiger partial charge in [0.2, 0.25) is 0 Å². The third-order valence-electron chi connectivity index (χ3n) is 3.12. The second-order valence-electron chi connectivity index (χ2n) is 4.31. The molecule has 3 rings (SSSR count). The molecule has 2 heterocycles. The summed E-state index contributed by atoms with van der Waals surface area (Å²) in [6.45, 7) is 2.78. The van der Waals surface area contributed by atoms with Crippen LogP contribution in [0.15, 0.2) is 47.1 Å². The van der Waals surface area contributed by atoms with Gasteiger partial charge < -0.3 is 9.15 Å². The van der Waals surface area contributed by atoms with E-state index < -0.39 is 0 Å². The molecule has 0 fully saturated rings. The molecule has 2 atom stereocenters. The fraction of sp³-hybridized carbons (Fsp3) is 0.286. The van der Waals surface area contributed by atoms with Crippen LogP contribution in [0.4, 0.5) is 0 Å². The van der Waals surface area contributed by atoms with Gasteiger partial charge in [-0.25, -0.2) is 0 Å². The van der Waals surface area contributed by atoms with E-state index in [1.165, 1.54) is 5.56 Å². The molecule has 2 unspecified atom stereocenters. The Morgan fingerprint density at radius 2 is 2.12 bits per heavy atom. The topological polar surface area (TPSA) is 34.4 Å². The second kappa shape index (κ2) is 4.26. The molecule has 0 bridgehead atoms. The van der Waals surface area contributed by atoms with E-state index in [1.807, 2.05) is 30.3 Å². The Morgan fingerprint density at radius 1 is 1.24 bits per heavy atom. The van der Waals surface area contributed by atoms with Crippen LogP contribution in [0.5, 0.6) is 5.75 Å². The molecule has 0 radical (unpaired) electrons. The highest BCUT2D eigenvalue weighted by molar-refractivity contribution is 5.39. The first-order valence-electron chi connectivity index (χ1n) is 5.86. The maximum atomic E-state index is 5.64. The molecular weight excluding hydrogens is 214 g/mol. The van der Waals surface area contributed by atoms with E-state index in [4.69, 9.17) is 9.15 Å². The molecule has 1 aliphatic heterocycles. The molecular formula is C14H15NO2. The van der Waals surface area contributed by atoms with Crippen molar-refractivity contribution in [1.82, 2.24) is 5.32 Å². The van der Waals surface area contributed by atoms with E-state index in [0.717, 1.165) is 11.5 Å². The van der Waals surface area contributed by atoms with Gasteiger partial charge in [0.25, 0.3) is 0 Å². The molecule has 1 N–H and O–H groups in total. The molecule has 88 valence electrons. The van der Waals surface area contributed by atoms with Gasteiger partial charge >= 0.3 is 0 Å². The van der Waals surface area contributed by atoms with Crippen LogP contribution in [0.3, 0.4) is 0 Å². The Labute approximate surface area is 100 Å². The van der Waals surface area contributed by atoms with E-state index in [9.17, 15) is 0 Å². The third kappa shape index (κ3) is 1.94. The van der Waals surface area contributed by atoms with Crippen LogP contribution in [0.1, 0.15) is 30.3 Å². The number of hydrogen-bond donors (Lipinski definition) is 1. The van der Waals surface area contributed by atoms with Crippen molar-refractivity contribution in [3.05, 3.63) is 54.0 Å². The Kier molecular flexibility index (Phi) is 2.61. The monoisotopic (exact) mass is 229 g/mol. The Bertz CT molecular complexity index is 493. The summed E-state index contributed by atoms with van der Waals surface area (Å²) in [5.41, 5.74) is 1.23. The van der Waals surface area contributed by atoms with Crippen molar-refractivity contribution in [2.45, 2.75) is 19.0 Å². The minimum absolute atomic E-state index is 0.185. The molecule has 0 amide bonds. The van der Waals surface area contributed by atoms with Crippen LogP contribution in [0.2, 0.25) is 0 Å². The molecule has 17 heavy (non-hydrogen) atoms. The summed E-state index contributed by atoms with van der Waals surface area (Å²) in [4.78, 5) is 0. The molecule has 0 saturated heterocycles. The fourth-order valence-electron chi connectivity index (χ4n) is 2.22. The van der Waals surface area contributed by atoms with Gasteiger partial charge in [0.1, 0.15) is 18.1 Å². The molecule has 3 heteroatoms. The van der Waals surface area contributed by atoms with Crippen LogP contribution >= 0.6 is 0 Å². The molecule has 1 aromatic carbocycles. The first-order chi connectivity index (χ1) is 8.34. The number of ether oxygens (including phenoxy) is 1. The lowest BCUT2D eigenvalue weighted by atomic mass is 10.1. The van der Waals surface area contributed by atoms with E-state index in [-0.39, 0.29) is 12.1 Å². The number of para-hydroxylation sites is 1. The average Bonchev–Trinajstić information content (AvgIpc) is 2.98. The number of hydrogen-bond acceptors (Lipinski definition) is 3. The van der Waals surface area contributed by atoms with E-state index in [0.29, 0.717) is 6.61 Å². The van der Waals surface area contributed by atoms with Gasteiger partial charge in [-0.3, -0.25) is 5.32 Å². The zero-order valence-electron chi connectivity index (χ0n) is 9.72. The van der Waals surface area contributed by atoms with E-state index in [1.54, 1.807) is 6.26 Å². The van der Waals surface area contributed by atoms with Crippen molar-refractivity contribution >= 4 is 0 Å². The summed E-state index contributed by atoms with van der Waals surface area (Å²) >= 11 is 0. The van der Waals surface area contributed by atoms with Crippen LogP contribution in [-0.2, 0) is 0 Å². The quantitative estimate of drug-likeness (QED) is 0.878. The number of benzene rings is 1. The minimum atomic E-state index is 0.185. The molecule has 3 nitrogen and oxygen atoms in total. The van der Waals surface area contributed by atoms with Gasteiger partial charge in [-0.2, -0.15) is 0 Å². The van der Waals surface area contributed by atoms with Crippen LogP contribution in [-0.4, -0.2) is 6.61 Å². The van der Waals surface area contributed by atoms with Crippen molar-refractivity contribution in [2.24, 2.45) is 0 Å². The van der Waals surface area contributed by atoms with Gasteiger partial charge in [0.15, 0.2) is 0 Å². The molecule has 1 aromatic heterocycles. The molecule has 0 spiro atoms. The number of nitrogens with one attached hydrogen (secondary N) is 1. The van der Waals surface area contributed by atoms with E-state index in [2.05, 4.69) is 18.3 Å². The number of furan rings is 1. The summed E-state index contributed by atoms with van der Waals surface area (Å²) < 4.78 is 11.0. The second-order valence-corrected chi connectivity index (χ2v) is 4.31. The Balaban J connectivity index is 1.75. The van der Waals surface area contributed by atoms with Crippen molar-refractivity contribution < 1.29 is 9.15 Å². The van der Waals surface area contributed by atoms with Gasteiger partial charge in [-0.05, 0) is 25.1 Å². The summed E-state index contributed by atoms with van der Waals surface area (Å²) in [7, 11) is 0. The van der Waals surface area contributed by atoms with Crippen molar-refractivity contribution in [1.29, 1.82) is 0 Å². The summed E-state index contributed by atoms with van der Waals surface area (Å²) in [6.07, 6.45) is 1.70. The van der Waals surface area contributed by atoms with Gasteiger partial charge in [0, 0.05) is 5.56 Å². The predicted octanol–water partition coefficient (Wildman–Crippen LogP) is 3.06. The van der Waals surface area contributed by atoms with Crippen molar-refractivity contribution in [3.8, 4) is 5.75 Å². The zero-order valence-corrected chi connectivity index (χ0v) is 9.72. The summed E-state index contributed by atoms with van der Waals surface area (Å²) in [5.74, 6) is 1.94. The lowest BCUT2D eigenvalue weighted by Crippen LogP contribution is -2.25. The number of fused-ring (bicyclic) bond motifs is 1. The maximum absolute atomic E-state index is 5.64. The highest BCUT2D eigenvalue weighted by atomic mass is 16.5. The SMILES string of the molecule is CC(NC1COc2ccccc21)c1ccco1. The lowest BCUT2D eigenvalue weighted by Gasteiger charge is -2.16. The highest BCUT2D eigenvalue weighted by Crippen LogP contribution is 2.33. The smallest absolute Gasteiger partial charge is 0.124 e. The highest BCUT2D eigenvalue weighted by Gasteiger charge is 2.25. The van der Waals surface area contributed by atoms with Crippen LogP contribution < -0.4 is 10.1 Å². The largest absolute Gasteiger partial charge is 0.491 e.